The summed E-state index contributed by atoms with van der Waals surface area (Å²) in [5, 5.41) is 0. The second-order valence-electron chi connectivity index (χ2n) is 15.0. The molecule has 182 valence electrons. The zero-order valence-electron chi connectivity index (χ0n) is 21.9. The molecule has 7 rings (SSSR count). The second-order valence-corrected chi connectivity index (χ2v) is 15.0. The summed E-state index contributed by atoms with van der Waals surface area (Å²) in [6.45, 7) is 7.78. The number of hydrogen-bond donors (Lipinski definition) is 0. The Kier molecular flexibility index (Phi) is 6.25. The van der Waals surface area contributed by atoms with Gasteiger partial charge in [0.25, 0.3) is 0 Å². The molecule has 0 aromatic rings. The van der Waals surface area contributed by atoms with Crippen LogP contribution in [0.3, 0.4) is 0 Å². The molecule has 7 saturated carbocycles. The third-order valence-corrected chi connectivity index (χ3v) is 12.8. The monoisotopic (exact) mass is 438 g/mol. The minimum absolute atomic E-state index is 0.802. The van der Waals surface area contributed by atoms with Gasteiger partial charge >= 0.3 is 0 Å². The minimum atomic E-state index is 0.802. The Morgan fingerprint density at radius 1 is 0.469 bits per heavy atom. The highest BCUT2D eigenvalue weighted by molar-refractivity contribution is 5.11. The van der Waals surface area contributed by atoms with Crippen molar-refractivity contribution in [1.29, 1.82) is 0 Å². The summed E-state index contributed by atoms with van der Waals surface area (Å²) in [4.78, 5) is 0. The van der Waals surface area contributed by atoms with E-state index in [-0.39, 0.29) is 0 Å². The van der Waals surface area contributed by atoms with Crippen LogP contribution in [0.2, 0.25) is 0 Å². The standard InChI is InChI=1S/C32H54/c1-21-7-4-8-25-14-22(2)15-26(10-5-9-24(25)13-21)27-11-6-12-32(19-27)20-28-16-23(3)17-30-29(28)18-31(30)32/h21-31H,4-20H2,1-3H3. The highest BCUT2D eigenvalue weighted by Gasteiger charge is 2.62. The Hall–Kier alpha value is 0. The highest BCUT2D eigenvalue weighted by Crippen LogP contribution is 2.71. The van der Waals surface area contributed by atoms with E-state index in [0.717, 1.165) is 64.6 Å². The van der Waals surface area contributed by atoms with Gasteiger partial charge in [-0.25, -0.2) is 0 Å². The summed E-state index contributed by atoms with van der Waals surface area (Å²) in [7, 11) is 0. The first-order chi connectivity index (χ1) is 15.5. The van der Waals surface area contributed by atoms with Gasteiger partial charge in [-0.2, -0.15) is 0 Å². The Morgan fingerprint density at radius 2 is 1.03 bits per heavy atom. The van der Waals surface area contributed by atoms with Gasteiger partial charge in [0, 0.05) is 0 Å². The van der Waals surface area contributed by atoms with E-state index in [1.807, 2.05) is 0 Å². The molecular formula is C32H54. The number of fused-ring (bicyclic) bond motifs is 1. The van der Waals surface area contributed by atoms with Crippen molar-refractivity contribution < 1.29 is 0 Å². The zero-order valence-corrected chi connectivity index (χ0v) is 21.9. The molecule has 0 N–H and O–H groups in total. The minimum Gasteiger partial charge on any atom is -0.0625 e. The average Bonchev–Trinajstić information content (AvgIpc) is 2.85. The van der Waals surface area contributed by atoms with E-state index in [9.17, 15) is 0 Å². The molecule has 12 atom stereocenters. The lowest BCUT2D eigenvalue weighted by Gasteiger charge is -2.68. The summed E-state index contributed by atoms with van der Waals surface area (Å²) in [5.74, 6) is 11.9. The van der Waals surface area contributed by atoms with Gasteiger partial charge in [-0.05, 0) is 128 Å². The fraction of sp³-hybridized carbons (Fsp3) is 1.00. The van der Waals surface area contributed by atoms with Gasteiger partial charge in [0.15, 0.2) is 0 Å². The van der Waals surface area contributed by atoms with E-state index in [4.69, 9.17) is 0 Å². The molecule has 7 aliphatic carbocycles. The lowest BCUT2D eigenvalue weighted by Crippen LogP contribution is -2.60. The van der Waals surface area contributed by atoms with Crippen LogP contribution in [0.25, 0.3) is 0 Å². The molecule has 0 nitrogen and oxygen atoms in total. The van der Waals surface area contributed by atoms with Crippen LogP contribution in [-0.4, -0.2) is 0 Å². The quantitative estimate of drug-likeness (QED) is 0.382. The molecule has 7 aliphatic rings. The van der Waals surface area contributed by atoms with Crippen molar-refractivity contribution in [3.8, 4) is 0 Å². The summed E-state index contributed by atoms with van der Waals surface area (Å²) < 4.78 is 0. The fourth-order valence-electron chi connectivity index (χ4n) is 11.6. The normalized spacial score (nSPS) is 56.2. The van der Waals surface area contributed by atoms with Crippen molar-refractivity contribution in [1.82, 2.24) is 0 Å². The molecule has 0 aromatic heterocycles. The van der Waals surface area contributed by atoms with E-state index >= 15 is 0 Å². The largest absolute Gasteiger partial charge is 0.0625 e. The van der Waals surface area contributed by atoms with E-state index in [1.165, 1.54) is 18.8 Å². The maximum absolute atomic E-state index is 2.66. The van der Waals surface area contributed by atoms with Crippen LogP contribution in [-0.2, 0) is 0 Å². The Labute approximate surface area is 200 Å². The smallest absolute Gasteiger partial charge is 0.0261 e. The van der Waals surface area contributed by atoms with Crippen molar-refractivity contribution in [2.75, 3.05) is 0 Å². The molecule has 1 spiro atoms. The lowest BCUT2D eigenvalue weighted by molar-refractivity contribution is -0.190. The maximum atomic E-state index is 2.66. The third-order valence-electron chi connectivity index (χ3n) is 12.8. The van der Waals surface area contributed by atoms with Crippen LogP contribution in [0.5, 0.6) is 0 Å². The van der Waals surface area contributed by atoms with Crippen LogP contribution >= 0.6 is 0 Å². The highest BCUT2D eigenvalue weighted by atomic mass is 14.7. The third kappa shape index (κ3) is 4.04. The number of rotatable bonds is 1. The van der Waals surface area contributed by atoms with Crippen molar-refractivity contribution in [3.05, 3.63) is 0 Å². The molecule has 0 saturated heterocycles. The van der Waals surface area contributed by atoms with Crippen molar-refractivity contribution in [3.63, 3.8) is 0 Å². The summed E-state index contributed by atoms with van der Waals surface area (Å²) in [5.41, 5.74) is 0.802. The number of hydrogen-bond acceptors (Lipinski definition) is 0. The topological polar surface area (TPSA) is 0 Å². The first-order valence-electron chi connectivity index (χ1n) is 15.5. The summed E-state index contributed by atoms with van der Waals surface area (Å²) >= 11 is 0. The lowest BCUT2D eigenvalue weighted by atomic mass is 9.37. The van der Waals surface area contributed by atoms with Crippen LogP contribution in [0, 0.1) is 70.5 Å². The van der Waals surface area contributed by atoms with Crippen molar-refractivity contribution in [2.45, 2.75) is 130 Å². The van der Waals surface area contributed by atoms with Crippen LogP contribution in [0.4, 0.5) is 0 Å². The van der Waals surface area contributed by atoms with Gasteiger partial charge in [-0.15, -0.1) is 0 Å². The first kappa shape index (κ1) is 22.5. The predicted molar refractivity (Wildman–Crippen MR) is 136 cm³/mol. The molecule has 0 heteroatoms. The fourth-order valence-corrected chi connectivity index (χ4v) is 11.6. The van der Waals surface area contributed by atoms with Crippen LogP contribution in [0.15, 0.2) is 0 Å². The van der Waals surface area contributed by atoms with Gasteiger partial charge in [0.2, 0.25) is 0 Å². The van der Waals surface area contributed by atoms with Gasteiger partial charge in [0.05, 0.1) is 0 Å². The van der Waals surface area contributed by atoms with Gasteiger partial charge < -0.3 is 0 Å². The molecular weight excluding hydrogens is 384 g/mol. The predicted octanol–water partition coefficient (Wildman–Crippen LogP) is 9.52. The first-order valence-corrected chi connectivity index (χ1v) is 15.5. The molecule has 32 heavy (non-hydrogen) atoms. The molecule has 0 aliphatic heterocycles. The second kappa shape index (κ2) is 8.90. The van der Waals surface area contributed by atoms with Gasteiger partial charge in [-0.1, -0.05) is 72.1 Å². The van der Waals surface area contributed by atoms with Crippen LogP contribution < -0.4 is 0 Å². The molecule has 4 bridgehead atoms. The molecule has 12 unspecified atom stereocenters. The summed E-state index contributed by atoms with van der Waals surface area (Å²) in [6, 6.07) is 0. The van der Waals surface area contributed by atoms with Crippen LogP contribution in [0.1, 0.15) is 130 Å². The van der Waals surface area contributed by atoms with Crippen molar-refractivity contribution >= 4 is 0 Å². The van der Waals surface area contributed by atoms with E-state index in [2.05, 4.69) is 20.8 Å². The Bertz CT molecular complexity index is 642. The van der Waals surface area contributed by atoms with E-state index in [0.29, 0.717) is 0 Å². The van der Waals surface area contributed by atoms with Gasteiger partial charge in [0.1, 0.15) is 0 Å². The summed E-state index contributed by atoms with van der Waals surface area (Å²) in [6.07, 6.45) is 26.9. The molecule has 0 heterocycles. The maximum Gasteiger partial charge on any atom is -0.0261 e. The average molecular weight is 439 g/mol. The van der Waals surface area contributed by atoms with Crippen molar-refractivity contribution in [2.24, 2.45) is 70.5 Å². The molecule has 0 amide bonds. The molecule has 0 aromatic carbocycles. The van der Waals surface area contributed by atoms with E-state index < -0.39 is 0 Å². The molecule has 7 fully saturated rings. The molecule has 0 radical (unpaired) electrons. The Balaban J connectivity index is 1.15. The zero-order chi connectivity index (χ0) is 21.9. The van der Waals surface area contributed by atoms with E-state index in [1.54, 1.807) is 96.3 Å². The van der Waals surface area contributed by atoms with Gasteiger partial charge in [-0.3, -0.25) is 0 Å². The SMILES string of the molecule is CC1CCCC2CC(C)CC(C3CCCC4(C3)CC3CC(C)CC5C3CC54)CCCC2C1. The Morgan fingerprint density at radius 3 is 1.78 bits per heavy atom.